The number of hydrogen-bond acceptors (Lipinski definition) is 6. The molecule has 1 aliphatic carbocycles. The van der Waals surface area contributed by atoms with Crippen LogP contribution < -0.4 is 14.8 Å². The van der Waals surface area contributed by atoms with Crippen molar-refractivity contribution in [1.82, 2.24) is 14.5 Å². The number of carboxylic acids is 1. The van der Waals surface area contributed by atoms with Gasteiger partial charge in [0.05, 0.1) is 5.69 Å². The predicted molar refractivity (Wildman–Crippen MR) is 147 cm³/mol. The number of carbonyl (C=O) groups is 2. The average Bonchev–Trinajstić information content (AvgIpc) is 3.56. The van der Waals surface area contributed by atoms with E-state index in [1.165, 1.54) is 16.8 Å². The van der Waals surface area contributed by atoms with Gasteiger partial charge in [-0.3, -0.25) is 4.79 Å². The summed E-state index contributed by atoms with van der Waals surface area (Å²) in [6.07, 6.45) is 1.72. The average molecular weight is 555 g/mol. The molecule has 1 heterocycles. The lowest BCUT2D eigenvalue weighted by molar-refractivity contribution is -0.117. The first kappa shape index (κ1) is 28.3. The lowest BCUT2D eigenvalue weighted by Gasteiger charge is -2.19. The van der Waals surface area contributed by atoms with E-state index < -0.39 is 16.0 Å². The summed E-state index contributed by atoms with van der Waals surface area (Å²) < 4.78 is 37.0. The Kier molecular flexibility index (Phi) is 7.59. The van der Waals surface area contributed by atoms with Gasteiger partial charge in [0.2, 0.25) is 21.8 Å². The first-order valence-corrected chi connectivity index (χ1v) is 14.2. The molecular weight excluding hydrogens is 520 g/mol. The van der Waals surface area contributed by atoms with Crippen molar-refractivity contribution in [3.63, 3.8) is 0 Å². The van der Waals surface area contributed by atoms with Crippen molar-refractivity contribution in [3.05, 3.63) is 58.8 Å². The van der Waals surface area contributed by atoms with Gasteiger partial charge in [0.1, 0.15) is 10.6 Å². The fourth-order valence-corrected chi connectivity index (χ4v) is 5.55. The maximum Gasteiger partial charge on any atom is 0.356 e. The maximum absolute atomic E-state index is 13.4. The number of aromatic carboxylic acids is 1. The molecule has 0 unspecified atom stereocenters. The van der Waals surface area contributed by atoms with Crippen LogP contribution in [0.1, 0.15) is 67.2 Å². The van der Waals surface area contributed by atoms with Crippen molar-refractivity contribution in [1.29, 1.82) is 0 Å². The lowest BCUT2D eigenvalue weighted by Crippen LogP contribution is -2.26. The summed E-state index contributed by atoms with van der Waals surface area (Å²) in [6.45, 7) is 11.2. The van der Waals surface area contributed by atoms with Gasteiger partial charge in [0.25, 0.3) is 0 Å². The Bertz CT molecular complexity index is 1550. The fourth-order valence-electron chi connectivity index (χ4n) is 4.09. The first-order chi connectivity index (χ1) is 18.2. The molecule has 0 bridgehead atoms. The van der Waals surface area contributed by atoms with E-state index in [-0.39, 0.29) is 51.6 Å². The van der Waals surface area contributed by atoms with E-state index in [0.29, 0.717) is 11.4 Å². The van der Waals surface area contributed by atoms with Crippen molar-refractivity contribution in [2.45, 2.75) is 71.7 Å². The number of aryl methyl sites for hydroxylation is 1. The zero-order valence-electron chi connectivity index (χ0n) is 23.0. The molecule has 0 saturated heterocycles. The van der Waals surface area contributed by atoms with Gasteiger partial charge < -0.3 is 15.2 Å². The molecule has 0 atom stereocenters. The molecule has 3 N–H and O–H groups in total. The number of benzene rings is 2. The summed E-state index contributed by atoms with van der Waals surface area (Å²) in [5.74, 6) is -1.43. The van der Waals surface area contributed by atoms with Crippen molar-refractivity contribution in [3.8, 4) is 17.3 Å². The predicted octanol–water partition coefficient (Wildman–Crippen LogP) is 5.10. The quantitative estimate of drug-likeness (QED) is 0.334. The van der Waals surface area contributed by atoms with E-state index in [0.717, 1.165) is 24.0 Å². The molecule has 0 spiro atoms. The highest BCUT2D eigenvalue weighted by molar-refractivity contribution is 7.89. The number of nitrogens with zero attached hydrogens (tertiary/aromatic N) is 2. The molecule has 0 aliphatic heterocycles. The van der Waals surface area contributed by atoms with Crippen LogP contribution in [-0.2, 0) is 14.8 Å². The van der Waals surface area contributed by atoms with Gasteiger partial charge in [0.15, 0.2) is 5.69 Å². The molecule has 1 aliphatic rings. The molecule has 11 heteroatoms. The number of sulfonamides is 1. The number of nitrogens with one attached hydrogen (secondary N) is 2. The molecule has 2 aromatic carbocycles. The smallest absolute Gasteiger partial charge is 0.356 e. The molecule has 39 heavy (non-hydrogen) atoms. The molecule has 3 aromatic rings. The number of carboxylic acid groups (broad SMARTS) is 1. The second-order valence-corrected chi connectivity index (χ2v) is 12.8. The van der Waals surface area contributed by atoms with Gasteiger partial charge in [-0.2, -0.15) is 9.78 Å². The second-order valence-electron chi connectivity index (χ2n) is 11.2. The summed E-state index contributed by atoms with van der Waals surface area (Å²) in [4.78, 5) is 24.3. The molecule has 1 fully saturated rings. The van der Waals surface area contributed by atoms with E-state index in [1.54, 1.807) is 19.1 Å². The number of hydrogen-bond donors (Lipinski definition) is 3. The Morgan fingerprint density at radius 2 is 1.79 bits per heavy atom. The molecule has 208 valence electrons. The molecule has 1 saturated carbocycles. The third kappa shape index (κ3) is 6.48. The summed E-state index contributed by atoms with van der Waals surface area (Å²) >= 11 is 0. The van der Waals surface area contributed by atoms with E-state index >= 15 is 0 Å². The van der Waals surface area contributed by atoms with Gasteiger partial charge in [-0.25, -0.2) is 17.9 Å². The second kappa shape index (κ2) is 10.5. The van der Waals surface area contributed by atoms with Gasteiger partial charge in [0, 0.05) is 23.7 Å². The van der Waals surface area contributed by atoms with Crippen LogP contribution in [0, 0.1) is 26.2 Å². The number of carbonyl (C=O) groups excluding carboxylic acids is 1. The van der Waals surface area contributed by atoms with Gasteiger partial charge in [-0.15, -0.1) is 0 Å². The minimum Gasteiger partial charge on any atom is -0.476 e. The SMILES string of the molecule is Cc1cccc(-n2nc(C(=O)O)c(C)c2Oc2ccc(NC(=O)CC(C)(C)C)cc2S(=O)(=O)NC2CC2)c1C. The zero-order valence-corrected chi connectivity index (χ0v) is 23.8. The topological polar surface area (TPSA) is 140 Å². The highest BCUT2D eigenvalue weighted by Crippen LogP contribution is 2.37. The molecule has 1 aromatic heterocycles. The fraction of sp³-hybridized carbons (Fsp3) is 0.393. The Balaban J connectivity index is 1.81. The van der Waals surface area contributed by atoms with Crippen molar-refractivity contribution in [2.75, 3.05) is 5.32 Å². The Hall–Kier alpha value is -3.70. The highest BCUT2D eigenvalue weighted by atomic mass is 32.2. The van der Waals surface area contributed by atoms with E-state index in [4.69, 9.17) is 4.74 Å². The van der Waals surface area contributed by atoms with Gasteiger partial charge >= 0.3 is 5.97 Å². The third-order valence-electron chi connectivity index (χ3n) is 6.39. The number of ether oxygens (including phenoxy) is 1. The maximum atomic E-state index is 13.4. The normalized spacial score (nSPS) is 13.8. The van der Waals surface area contributed by atoms with Crippen molar-refractivity contribution < 1.29 is 27.9 Å². The number of amides is 1. The number of aromatic nitrogens is 2. The van der Waals surface area contributed by atoms with Crippen molar-refractivity contribution >= 4 is 27.6 Å². The van der Waals surface area contributed by atoms with Crippen molar-refractivity contribution in [2.24, 2.45) is 5.41 Å². The van der Waals surface area contributed by atoms with Crippen LogP contribution in [0.2, 0.25) is 0 Å². The first-order valence-electron chi connectivity index (χ1n) is 12.7. The lowest BCUT2D eigenvalue weighted by atomic mass is 9.92. The van der Waals surface area contributed by atoms with E-state index in [9.17, 15) is 23.1 Å². The van der Waals surface area contributed by atoms with Crippen LogP contribution in [-0.4, -0.2) is 41.2 Å². The Morgan fingerprint density at radius 1 is 1.10 bits per heavy atom. The van der Waals surface area contributed by atoms with Gasteiger partial charge in [-0.1, -0.05) is 32.9 Å². The minimum absolute atomic E-state index is 0.0246. The van der Waals surface area contributed by atoms with Crippen LogP contribution >= 0.6 is 0 Å². The third-order valence-corrected chi connectivity index (χ3v) is 7.93. The molecule has 10 nitrogen and oxygen atoms in total. The highest BCUT2D eigenvalue weighted by Gasteiger charge is 2.32. The van der Waals surface area contributed by atoms with Crippen LogP contribution in [0.25, 0.3) is 5.69 Å². The zero-order chi connectivity index (χ0) is 28.7. The van der Waals surface area contributed by atoms with Crippen LogP contribution in [0.5, 0.6) is 11.6 Å². The van der Waals surface area contributed by atoms with E-state index in [2.05, 4.69) is 15.1 Å². The largest absolute Gasteiger partial charge is 0.476 e. The molecule has 1 amide bonds. The van der Waals surface area contributed by atoms with E-state index in [1.807, 2.05) is 46.8 Å². The standard InChI is InChI=1S/C28H34N4O6S/c1-16-8-7-9-21(17(16)2)32-26(18(3)25(30-32)27(34)35)38-22-13-12-20(29-24(33)15-28(4,5)6)14-23(22)39(36,37)31-19-10-11-19/h7-9,12-14,19,31H,10-11,15H2,1-6H3,(H,29,33)(H,34,35). The summed E-state index contributed by atoms with van der Waals surface area (Å²) in [5.41, 5.74) is 2.52. The molecule has 0 radical (unpaired) electrons. The Labute approximate surface area is 228 Å². The van der Waals surface area contributed by atoms with Crippen LogP contribution in [0.3, 0.4) is 0 Å². The Morgan fingerprint density at radius 3 is 2.41 bits per heavy atom. The molecule has 4 rings (SSSR count). The number of anilines is 1. The summed E-state index contributed by atoms with van der Waals surface area (Å²) in [7, 11) is -4.03. The summed E-state index contributed by atoms with van der Waals surface area (Å²) in [5, 5.41) is 16.8. The molecular formula is C28H34N4O6S. The van der Waals surface area contributed by atoms with Gasteiger partial charge in [-0.05, 0) is 74.4 Å². The number of rotatable bonds is 9. The summed E-state index contributed by atoms with van der Waals surface area (Å²) in [6, 6.07) is 9.73. The van der Waals surface area contributed by atoms with Crippen LogP contribution in [0.15, 0.2) is 41.3 Å². The minimum atomic E-state index is -4.03. The van der Waals surface area contributed by atoms with Crippen LogP contribution in [0.4, 0.5) is 5.69 Å². The monoisotopic (exact) mass is 554 g/mol.